The highest BCUT2D eigenvalue weighted by atomic mass is 32.2. The van der Waals surface area contributed by atoms with Gasteiger partial charge in [-0.25, -0.2) is 8.42 Å². The summed E-state index contributed by atoms with van der Waals surface area (Å²) in [5.74, 6) is 0. The third-order valence-electron chi connectivity index (χ3n) is 2.89. The molecule has 1 aromatic heterocycles. The number of hydrogen-bond donors (Lipinski definition) is 1. The van der Waals surface area contributed by atoms with Crippen LogP contribution in [0.5, 0.6) is 0 Å². The van der Waals surface area contributed by atoms with Crippen LogP contribution in [0, 0.1) is 11.3 Å². The Kier molecular flexibility index (Phi) is 3.51. The highest BCUT2D eigenvalue weighted by molar-refractivity contribution is 7.90. The molecule has 20 heavy (non-hydrogen) atoms. The lowest BCUT2D eigenvalue weighted by molar-refractivity contribution is 0.571. The monoisotopic (exact) mass is 290 g/mol. The number of hydrogen-bond acceptors (Lipinski definition) is 5. The number of anilines is 1. The molecule has 0 amide bonds. The summed E-state index contributed by atoms with van der Waals surface area (Å²) < 4.78 is 24.9. The molecule has 0 saturated carbocycles. The number of nitriles is 1. The molecule has 2 aromatic rings. The smallest absolute Gasteiger partial charge is 0.256 e. The molecule has 0 aliphatic carbocycles. The van der Waals surface area contributed by atoms with E-state index >= 15 is 0 Å². The molecule has 1 heterocycles. The molecule has 0 bridgehead atoms. The fourth-order valence-corrected chi connectivity index (χ4v) is 2.58. The van der Waals surface area contributed by atoms with Crippen LogP contribution in [0.1, 0.15) is 19.4 Å². The summed E-state index contributed by atoms with van der Waals surface area (Å²) in [6.45, 7) is 3.17. The minimum atomic E-state index is -3.49. The Morgan fingerprint density at radius 2 is 2.10 bits per heavy atom. The van der Waals surface area contributed by atoms with Crippen LogP contribution in [0.4, 0.5) is 5.69 Å². The van der Waals surface area contributed by atoms with Gasteiger partial charge in [0.25, 0.3) is 10.0 Å². The van der Waals surface area contributed by atoms with Gasteiger partial charge in [0.2, 0.25) is 0 Å². The molecule has 0 aliphatic rings. The van der Waals surface area contributed by atoms with Gasteiger partial charge in [-0.2, -0.15) is 14.4 Å². The minimum Gasteiger partial charge on any atom is -0.399 e. The van der Waals surface area contributed by atoms with Crippen molar-refractivity contribution in [1.82, 2.24) is 9.19 Å². The molecule has 0 spiro atoms. The van der Waals surface area contributed by atoms with E-state index in [1.165, 1.54) is 12.4 Å². The van der Waals surface area contributed by atoms with Crippen molar-refractivity contribution in [2.45, 2.75) is 19.1 Å². The van der Waals surface area contributed by atoms with Crippen LogP contribution in [-0.2, 0) is 10.0 Å². The Hall–Kier alpha value is -2.33. The average molecular weight is 290 g/mol. The minimum absolute atomic E-state index is 0.381. The van der Waals surface area contributed by atoms with Crippen molar-refractivity contribution >= 4 is 15.7 Å². The molecule has 0 atom stereocenters. The summed E-state index contributed by atoms with van der Waals surface area (Å²) in [6.07, 6.45) is 2.83. The van der Waals surface area contributed by atoms with Crippen molar-refractivity contribution < 1.29 is 8.42 Å². The lowest BCUT2D eigenvalue weighted by Crippen LogP contribution is -2.22. The van der Waals surface area contributed by atoms with E-state index in [0.29, 0.717) is 22.4 Å². The second kappa shape index (κ2) is 4.98. The number of benzene rings is 1. The Morgan fingerprint density at radius 3 is 2.70 bits per heavy atom. The highest BCUT2D eigenvalue weighted by Gasteiger charge is 2.20. The lowest BCUT2D eigenvalue weighted by atomic mass is 10.0. The first kappa shape index (κ1) is 14.1. The van der Waals surface area contributed by atoms with Crippen molar-refractivity contribution in [3.05, 3.63) is 36.2 Å². The number of nitrogen functional groups attached to an aromatic ring is 1. The second-order valence-corrected chi connectivity index (χ2v) is 6.96. The van der Waals surface area contributed by atoms with Crippen molar-refractivity contribution in [2.24, 2.45) is 0 Å². The quantitative estimate of drug-likeness (QED) is 0.865. The number of aromatic nitrogens is 2. The first-order valence-electron chi connectivity index (χ1n) is 5.95. The van der Waals surface area contributed by atoms with E-state index in [-0.39, 0.29) is 0 Å². The summed E-state index contributed by atoms with van der Waals surface area (Å²) in [5.41, 5.74) is 7.65. The SMILES string of the molecule is CC(C)S(=O)(=O)n1cc(-c2ccc(N)cc2C#N)cn1. The van der Waals surface area contributed by atoms with Gasteiger partial charge >= 0.3 is 0 Å². The molecule has 104 valence electrons. The molecule has 0 unspecified atom stereocenters. The van der Waals surface area contributed by atoms with E-state index in [4.69, 9.17) is 11.0 Å². The summed E-state index contributed by atoms with van der Waals surface area (Å²) >= 11 is 0. The first-order valence-corrected chi connectivity index (χ1v) is 7.45. The molecule has 1 aromatic carbocycles. The van der Waals surface area contributed by atoms with E-state index < -0.39 is 15.3 Å². The van der Waals surface area contributed by atoms with E-state index in [9.17, 15) is 8.42 Å². The predicted octanol–water partition coefficient (Wildman–Crippen LogP) is 1.59. The van der Waals surface area contributed by atoms with Crippen LogP contribution in [-0.4, -0.2) is 22.9 Å². The standard InChI is InChI=1S/C13H14N4O2S/c1-9(2)20(18,19)17-8-11(7-16-17)13-4-3-12(15)5-10(13)6-14/h3-5,7-9H,15H2,1-2H3. The van der Waals surface area contributed by atoms with E-state index in [2.05, 4.69) is 5.10 Å². The van der Waals surface area contributed by atoms with Crippen molar-refractivity contribution in [3.63, 3.8) is 0 Å². The molecule has 2 rings (SSSR count). The van der Waals surface area contributed by atoms with E-state index in [1.807, 2.05) is 6.07 Å². The van der Waals surface area contributed by atoms with Crippen molar-refractivity contribution in [1.29, 1.82) is 5.26 Å². The first-order chi connectivity index (χ1) is 9.36. The van der Waals surface area contributed by atoms with Gasteiger partial charge in [-0.05, 0) is 26.0 Å². The molecule has 0 aliphatic heterocycles. The zero-order valence-corrected chi connectivity index (χ0v) is 11.9. The lowest BCUT2D eigenvalue weighted by Gasteiger charge is -2.06. The Morgan fingerprint density at radius 1 is 1.40 bits per heavy atom. The maximum Gasteiger partial charge on any atom is 0.256 e. The van der Waals surface area contributed by atoms with Gasteiger partial charge in [0.15, 0.2) is 0 Å². The van der Waals surface area contributed by atoms with Crippen LogP contribution >= 0.6 is 0 Å². The average Bonchev–Trinajstić information content (AvgIpc) is 2.88. The summed E-state index contributed by atoms with van der Waals surface area (Å²) in [7, 11) is -3.49. The maximum absolute atomic E-state index is 12.0. The topological polar surface area (TPSA) is 102 Å². The van der Waals surface area contributed by atoms with Crippen molar-refractivity contribution in [2.75, 3.05) is 5.73 Å². The highest BCUT2D eigenvalue weighted by Crippen LogP contribution is 2.25. The number of nitrogens with two attached hydrogens (primary N) is 1. The molecule has 6 nitrogen and oxygen atoms in total. The Balaban J connectivity index is 2.53. The van der Waals surface area contributed by atoms with Crippen molar-refractivity contribution in [3.8, 4) is 17.2 Å². The zero-order chi connectivity index (χ0) is 14.9. The molecule has 0 radical (unpaired) electrons. The van der Waals surface area contributed by atoms with E-state index in [1.54, 1.807) is 32.0 Å². The van der Waals surface area contributed by atoms with Gasteiger partial charge < -0.3 is 5.73 Å². The van der Waals surface area contributed by atoms with Gasteiger partial charge in [0.1, 0.15) is 0 Å². The molecular weight excluding hydrogens is 276 g/mol. The molecule has 0 saturated heterocycles. The fourth-order valence-electron chi connectivity index (χ4n) is 1.71. The van der Waals surface area contributed by atoms with E-state index in [0.717, 1.165) is 4.09 Å². The molecule has 2 N–H and O–H groups in total. The molecular formula is C13H14N4O2S. The fraction of sp³-hybridized carbons (Fsp3) is 0.231. The zero-order valence-electron chi connectivity index (χ0n) is 11.1. The summed E-state index contributed by atoms with van der Waals surface area (Å²) in [5, 5.41) is 12.4. The number of nitrogens with zero attached hydrogens (tertiary/aromatic N) is 3. The normalized spacial score (nSPS) is 11.5. The third kappa shape index (κ3) is 2.38. The maximum atomic E-state index is 12.0. The van der Waals surface area contributed by atoms with Gasteiger partial charge in [0, 0.05) is 16.8 Å². The van der Waals surface area contributed by atoms with Crippen LogP contribution in [0.25, 0.3) is 11.1 Å². The van der Waals surface area contributed by atoms with Crippen LogP contribution in [0.3, 0.4) is 0 Å². The molecule has 7 heteroatoms. The van der Waals surface area contributed by atoms with Crippen LogP contribution < -0.4 is 5.73 Å². The summed E-state index contributed by atoms with van der Waals surface area (Å²) in [6, 6.07) is 6.92. The van der Waals surface area contributed by atoms with Gasteiger partial charge in [-0.1, -0.05) is 6.07 Å². The van der Waals surface area contributed by atoms with Gasteiger partial charge in [-0.15, -0.1) is 0 Å². The van der Waals surface area contributed by atoms with Crippen LogP contribution in [0.15, 0.2) is 30.6 Å². The van der Waals surface area contributed by atoms with Crippen LogP contribution in [0.2, 0.25) is 0 Å². The second-order valence-electron chi connectivity index (χ2n) is 4.61. The summed E-state index contributed by atoms with van der Waals surface area (Å²) in [4.78, 5) is 0. The Bertz CT molecular complexity index is 785. The number of rotatable bonds is 3. The molecule has 0 fully saturated rings. The predicted molar refractivity (Wildman–Crippen MR) is 76.2 cm³/mol. The van der Waals surface area contributed by atoms with Gasteiger partial charge in [0.05, 0.1) is 29.3 Å². The third-order valence-corrected chi connectivity index (χ3v) is 4.80. The Labute approximate surface area is 117 Å². The largest absolute Gasteiger partial charge is 0.399 e. The van der Waals surface area contributed by atoms with Gasteiger partial charge in [-0.3, -0.25) is 0 Å².